The topological polar surface area (TPSA) is 63.4 Å². The second kappa shape index (κ2) is 6.89. The number of nitrogens with zero attached hydrogens (tertiary/aromatic N) is 1. The molecule has 2 rings (SSSR count). The van der Waals surface area contributed by atoms with E-state index in [1.807, 2.05) is 13.0 Å². The van der Waals surface area contributed by atoms with Crippen molar-refractivity contribution in [3.8, 4) is 0 Å². The zero-order valence-electron chi connectivity index (χ0n) is 12.0. The molecule has 0 aliphatic carbocycles. The largest absolute Gasteiger partial charge is 0.329 e. The van der Waals surface area contributed by atoms with Gasteiger partial charge in [0.1, 0.15) is 0 Å². The van der Waals surface area contributed by atoms with Crippen LogP contribution in [0.3, 0.4) is 0 Å². The molecule has 0 aromatic heterocycles. The van der Waals surface area contributed by atoms with Gasteiger partial charge in [0.05, 0.1) is 4.90 Å². The number of rotatable bonds is 3. The molecule has 1 aliphatic heterocycles. The van der Waals surface area contributed by atoms with Crippen molar-refractivity contribution in [2.24, 2.45) is 11.7 Å². The summed E-state index contributed by atoms with van der Waals surface area (Å²) in [6.45, 7) is 4.93. The summed E-state index contributed by atoms with van der Waals surface area (Å²) in [5, 5.41) is 0. The summed E-state index contributed by atoms with van der Waals surface area (Å²) >= 11 is 0. The van der Waals surface area contributed by atoms with Gasteiger partial charge in [-0.05, 0) is 43.4 Å². The van der Waals surface area contributed by atoms with Crippen molar-refractivity contribution in [3.63, 3.8) is 0 Å². The van der Waals surface area contributed by atoms with Crippen molar-refractivity contribution < 1.29 is 8.42 Å². The van der Waals surface area contributed by atoms with Crippen LogP contribution in [0, 0.1) is 12.8 Å². The first-order valence-electron chi connectivity index (χ1n) is 6.75. The molecule has 0 radical (unpaired) electrons. The van der Waals surface area contributed by atoms with E-state index in [9.17, 15) is 8.42 Å². The molecule has 1 aromatic carbocycles. The number of hydrogen-bond donors (Lipinski definition) is 1. The maximum absolute atomic E-state index is 12.7. The van der Waals surface area contributed by atoms with E-state index in [2.05, 4.69) is 6.92 Å². The third kappa shape index (κ3) is 3.34. The molecular weight excluding hydrogens is 296 g/mol. The fraction of sp³-hybridized carbons (Fsp3) is 0.571. The minimum absolute atomic E-state index is 0. The van der Waals surface area contributed by atoms with Gasteiger partial charge in [-0.3, -0.25) is 0 Å². The smallest absolute Gasteiger partial charge is 0.243 e. The van der Waals surface area contributed by atoms with Gasteiger partial charge in [0.25, 0.3) is 0 Å². The molecule has 0 spiro atoms. The van der Waals surface area contributed by atoms with Gasteiger partial charge in [-0.25, -0.2) is 8.42 Å². The molecule has 6 heteroatoms. The van der Waals surface area contributed by atoms with Gasteiger partial charge in [-0.2, -0.15) is 4.31 Å². The van der Waals surface area contributed by atoms with Crippen LogP contribution >= 0.6 is 12.4 Å². The summed E-state index contributed by atoms with van der Waals surface area (Å²) < 4.78 is 27.0. The molecule has 1 aromatic rings. The van der Waals surface area contributed by atoms with Gasteiger partial charge in [0.15, 0.2) is 0 Å². The van der Waals surface area contributed by atoms with Crippen LogP contribution in [-0.2, 0) is 10.0 Å². The first-order chi connectivity index (χ1) is 8.96. The lowest BCUT2D eigenvalue weighted by molar-refractivity contribution is 0.192. The van der Waals surface area contributed by atoms with E-state index in [-0.39, 0.29) is 18.4 Å². The van der Waals surface area contributed by atoms with Gasteiger partial charge in [0, 0.05) is 19.1 Å². The highest BCUT2D eigenvalue weighted by Gasteiger charge is 2.36. The van der Waals surface area contributed by atoms with Crippen LogP contribution in [0.5, 0.6) is 0 Å². The summed E-state index contributed by atoms with van der Waals surface area (Å²) in [5.41, 5.74) is 6.74. The van der Waals surface area contributed by atoms with Crippen molar-refractivity contribution in [1.29, 1.82) is 0 Å². The second-order valence-corrected chi connectivity index (χ2v) is 7.25. The number of benzene rings is 1. The zero-order chi connectivity index (χ0) is 14.0. The SMILES string of the molecule is Cc1cccc(S(=O)(=O)N2CCCC(C)C2CN)c1.Cl. The lowest BCUT2D eigenvalue weighted by Gasteiger charge is -2.38. The molecule has 1 saturated heterocycles. The number of piperidine rings is 1. The standard InChI is InChI=1S/C14H22N2O2S.ClH/c1-11-5-3-7-13(9-11)19(17,18)16-8-4-6-12(2)14(16)10-15;/h3,5,7,9,12,14H,4,6,8,10,15H2,1-2H3;1H. The Morgan fingerprint density at radius 2 is 2.10 bits per heavy atom. The third-order valence-electron chi connectivity index (χ3n) is 3.90. The number of halogens is 1. The van der Waals surface area contributed by atoms with Gasteiger partial charge < -0.3 is 5.73 Å². The highest BCUT2D eigenvalue weighted by molar-refractivity contribution is 7.89. The normalized spacial score (nSPS) is 24.1. The predicted octanol–water partition coefficient (Wildman–Crippen LogP) is 2.16. The Bertz CT molecular complexity index is 548. The number of aryl methyl sites for hydroxylation is 1. The summed E-state index contributed by atoms with van der Waals surface area (Å²) in [5.74, 6) is 0.318. The second-order valence-electron chi connectivity index (χ2n) is 5.35. The van der Waals surface area contributed by atoms with E-state index in [1.165, 1.54) is 0 Å². The molecule has 0 saturated carbocycles. The molecular formula is C14H23ClN2O2S. The minimum atomic E-state index is -3.43. The molecule has 1 heterocycles. The number of nitrogens with two attached hydrogens (primary N) is 1. The Morgan fingerprint density at radius 1 is 1.40 bits per heavy atom. The fourth-order valence-electron chi connectivity index (χ4n) is 2.77. The summed E-state index contributed by atoms with van der Waals surface area (Å²) in [7, 11) is -3.43. The molecule has 0 bridgehead atoms. The molecule has 4 nitrogen and oxygen atoms in total. The maximum Gasteiger partial charge on any atom is 0.243 e. The molecule has 2 N–H and O–H groups in total. The Balaban J connectivity index is 0.00000200. The third-order valence-corrected chi connectivity index (χ3v) is 5.82. The fourth-order valence-corrected chi connectivity index (χ4v) is 4.65. The van der Waals surface area contributed by atoms with Crippen LogP contribution in [0.15, 0.2) is 29.2 Å². The van der Waals surface area contributed by atoms with E-state index in [1.54, 1.807) is 22.5 Å². The van der Waals surface area contributed by atoms with E-state index >= 15 is 0 Å². The lowest BCUT2D eigenvalue weighted by atomic mass is 9.93. The highest BCUT2D eigenvalue weighted by Crippen LogP contribution is 2.28. The summed E-state index contributed by atoms with van der Waals surface area (Å²) in [6.07, 6.45) is 1.95. The maximum atomic E-state index is 12.7. The monoisotopic (exact) mass is 318 g/mol. The Kier molecular flexibility index (Phi) is 6.01. The Hall–Kier alpha value is -0.620. The molecule has 2 unspecified atom stereocenters. The predicted molar refractivity (Wildman–Crippen MR) is 83.6 cm³/mol. The van der Waals surface area contributed by atoms with Crippen molar-refractivity contribution in [2.45, 2.75) is 37.6 Å². The van der Waals surface area contributed by atoms with Crippen LogP contribution in [0.2, 0.25) is 0 Å². The van der Waals surface area contributed by atoms with Crippen LogP contribution in [0.4, 0.5) is 0 Å². The summed E-state index contributed by atoms with van der Waals surface area (Å²) in [4.78, 5) is 0.375. The van der Waals surface area contributed by atoms with Gasteiger partial charge in [-0.1, -0.05) is 19.1 Å². The number of hydrogen-bond acceptors (Lipinski definition) is 3. The Labute approximate surface area is 127 Å². The lowest BCUT2D eigenvalue weighted by Crippen LogP contribution is -2.51. The van der Waals surface area contributed by atoms with Gasteiger partial charge in [0.2, 0.25) is 10.0 Å². The van der Waals surface area contributed by atoms with Crippen LogP contribution in [0.25, 0.3) is 0 Å². The first-order valence-corrected chi connectivity index (χ1v) is 8.19. The van der Waals surface area contributed by atoms with Crippen LogP contribution in [-0.4, -0.2) is 31.9 Å². The number of sulfonamides is 1. The van der Waals surface area contributed by atoms with Crippen molar-refractivity contribution in [1.82, 2.24) is 4.31 Å². The van der Waals surface area contributed by atoms with E-state index < -0.39 is 10.0 Å². The average Bonchev–Trinajstić information content (AvgIpc) is 2.38. The van der Waals surface area contributed by atoms with Crippen molar-refractivity contribution >= 4 is 22.4 Å². The van der Waals surface area contributed by atoms with Crippen LogP contribution < -0.4 is 5.73 Å². The van der Waals surface area contributed by atoms with Gasteiger partial charge >= 0.3 is 0 Å². The van der Waals surface area contributed by atoms with Crippen molar-refractivity contribution in [3.05, 3.63) is 29.8 Å². The van der Waals surface area contributed by atoms with Crippen LogP contribution in [0.1, 0.15) is 25.3 Å². The average molecular weight is 319 g/mol. The van der Waals surface area contributed by atoms with Crippen molar-refractivity contribution in [2.75, 3.05) is 13.1 Å². The van der Waals surface area contributed by atoms with E-state index in [0.717, 1.165) is 18.4 Å². The molecule has 0 amide bonds. The first kappa shape index (κ1) is 17.4. The summed E-state index contributed by atoms with van der Waals surface area (Å²) in [6, 6.07) is 6.99. The highest BCUT2D eigenvalue weighted by atomic mass is 35.5. The van der Waals surface area contributed by atoms with E-state index in [0.29, 0.717) is 23.9 Å². The molecule has 1 fully saturated rings. The van der Waals surface area contributed by atoms with Gasteiger partial charge in [-0.15, -0.1) is 12.4 Å². The van der Waals surface area contributed by atoms with E-state index in [4.69, 9.17) is 5.73 Å². The minimum Gasteiger partial charge on any atom is -0.329 e. The molecule has 1 aliphatic rings. The molecule has 2 atom stereocenters. The quantitative estimate of drug-likeness (QED) is 0.929. The molecule has 20 heavy (non-hydrogen) atoms. The molecule has 114 valence electrons. The zero-order valence-corrected chi connectivity index (χ0v) is 13.6. The Morgan fingerprint density at radius 3 is 2.70 bits per heavy atom.